The standard InChI is InChI=1S/C24H25FN2O2S2/c1-2-11-26(22(28)15-19-4-3-13-30-19)16-23(29)27-12-9-21-20(10-14-31-21)24(27)17-5-7-18(25)8-6-17/h3-8,10,13-14,24H,2,9,11-12,15-16H2,1H3. The lowest BCUT2D eigenvalue weighted by atomic mass is 9.93. The van der Waals surface area contributed by atoms with Crippen LogP contribution < -0.4 is 0 Å². The second-order valence-corrected chi connectivity index (χ2v) is 9.69. The van der Waals surface area contributed by atoms with E-state index in [0.29, 0.717) is 19.5 Å². The Balaban J connectivity index is 1.56. The first-order valence-corrected chi connectivity index (χ1v) is 12.2. The molecule has 1 aliphatic heterocycles. The second-order valence-electron chi connectivity index (χ2n) is 7.66. The molecule has 31 heavy (non-hydrogen) atoms. The smallest absolute Gasteiger partial charge is 0.242 e. The fraction of sp³-hybridized carbons (Fsp3) is 0.333. The third kappa shape index (κ3) is 4.88. The summed E-state index contributed by atoms with van der Waals surface area (Å²) in [5.74, 6) is -0.389. The Labute approximate surface area is 189 Å². The van der Waals surface area contributed by atoms with Gasteiger partial charge in [0.05, 0.1) is 19.0 Å². The number of hydrogen-bond donors (Lipinski definition) is 0. The Kier molecular flexibility index (Phi) is 6.83. The zero-order valence-electron chi connectivity index (χ0n) is 17.4. The molecule has 0 saturated heterocycles. The molecule has 0 N–H and O–H groups in total. The highest BCUT2D eigenvalue weighted by Crippen LogP contribution is 2.37. The van der Waals surface area contributed by atoms with Gasteiger partial charge in [-0.1, -0.05) is 25.1 Å². The predicted molar refractivity (Wildman–Crippen MR) is 123 cm³/mol. The summed E-state index contributed by atoms with van der Waals surface area (Å²) < 4.78 is 13.5. The average molecular weight is 457 g/mol. The summed E-state index contributed by atoms with van der Waals surface area (Å²) in [5, 5.41) is 4.00. The summed E-state index contributed by atoms with van der Waals surface area (Å²) in [6, 6.07) is 12.1. The zero-order valence-corrected chi connectivity index (χ0v) is 19.1. The number of rotatable bonds is 7. The average Bonchev–Trinajstić information content (AvgIpc) is 3.45. The molecular formula is C24H25FN2O2S2. The minimum absolute atomic E-state index is 0.0239. The van der Waals surface area contributed by atoms with Crippen molar-refractivity contribution < 1.29 is 14.0 Å². The molecule has 2 amide bonds. The Bertz CT molecular complexity index is 1030. The largest absolute Gasteiger partial charge is 0.333 e. The van der Waals surface area contributed by atoms with Gasteiger partial charge in [-0.2, -0.15) is 0 Å². The number of hydrogen-bond acceptors (Lipinski definition) is 4. The Morgan fingerprint density at radius 2 is 1.94 bits per heavy atom. The molecule has 1 unspecified atom stereocenters. The summed E-state index contributed by atoms with van der Waals surface area (Å²) in [7, 11) is 0. The SMILES string of the molecule is CCCN(CC(=O)N1CCc2sccc2C1c1ccc(F)cc1)C(=O)Cc1cccs1. The monoisotopic (exact) mass is 456 g/mol. The van der Waals surface area contributed by atoms with Crippen molar-refractivity contribution in [1.82, 2.24) is 9.80 Å². The van der Waals surface area contributed by atoms with Crippen LogP contribution in [-0.2, 0) is 22.4 Å². The molecular weight excluding hydrogens is 431 g/mol. The lowest BCUT2D eigenvalue weighted by Crippen LogP contribution is -2.47. The maximum absolute atomic E-state index is 13.5. The molecule has 3 heterocycles. The molecule has 0 radical (unpaired) electrons. The van der Waals surface area contributed by atoms with Gasteiger partial charge in [0.2, 0.25) is 11.8 Å². The van der Waals surface area contributed by atoms with E-state index in [1.165, 1.54) is 17.0 Å². The lowest BCUT2D eigenvalue weighted by Gasteiger charge is -2.37. The topological polar surface area (TPSA) is 40.6 Å². The molecule has 162 valence electrons. The van der Waals surface area contributed by atoms with Gasteiger partial charge in [0.25, 0.3) is 0 Å². The second kappa shape index (κ2) is 9.75. The van der Waals surface area contributed by atoms with E-state index < -0.39 is 0 Å². The number of thiophene rings is 2. The van der Waals surface area contributed by atoms with Crippen molar-refractivity contribution in [1.29, 1.82) is 0 Å². The molecule has 0 spiro atoms. The molecule has 1 atom stereocenters. The maximum atomic E-state index is 13.5. The van der Waals surface area contributed by atoms with Crippen molar-refractivity contribution in [3.8, 4) is 0 Å². The summed E-state index contributed by atoms with van der Waals surface area (Å²) in [6.45, 7) is 3.22. The molecule has 0 saturated carbocycles. The van der Waals surface area contributed by atoms with E-state index in [1.54, 1.807) is 39.7 Å². The number of carbonyl (C=O) groups is 2. The van der Waals surface area contributed by atoms with Gasteiger partial charge in [-0.15, -0.1) is 22.7 Å². The van der Waals surface area contributed by atoms with Crippen LogP contribution >= 0.6 is 22.7 Å². The number of fused-ring (bicyclic) bond motifs is 1. The Morgan fingerprint density at radius 1 is 1.13 bits per heavy atom. The van der Waals surface area contributed by atoms with E-state index >= 15 is 0 Å². The van der Waals surface area contributed by atoms with Crippen molar-refractivity contribution in [2.45, 2.75) is 32.2 Å². The zero-order chi connectivity index (χ0) is 21.8. The third-order valence-electron chi connectivity index (χ3n) is 5.55. The fourth-order valence-electron chi connectivity index (χ4n) is 4.08. The molecule has 0 bridgehead atoms. The van der Waals surface area contributed by atoms with E-state index in [-0.39, 0.29) is 30.2 Å². The van der Waals surface area contributed by atoms with Crippen LogP contribution in [0, 0.1) is 5.82 Å². The molecule has 7 heteroatoms. The van der Waals surface area contributed by atoms with Crippen LogP contribution in [0.3, 0.4) is 0 Å². The van der Waals surface area contributed by atoms with Crippen LogP contribution in [0.1, 0.15) is 40.3 Å². The lowest BCUT2D eigenvalue weighted by molar-refractivity contribution is -0.141. The number of benzene rings is 1. The van der Waals surface area contributed by atoms with E-state index in [9.17, 15) is 14.0 Å². The molecule has 1 aliphatic rings. The molecule has 1 aromatic carbocycles. The normalized spacial score (nSPS) is 15.5. The summed E-state index contributed by atoms with van der Waals surface area (Å²) in [5.41, 5.74) is 1.99. The van der Waals surface area contributed by atoms with Gasteiger partial charge in [0.15, 0.2) is 0 Å². The highest BCUT2D eigenvalue weighted by atomic mass is 32.1. The third-order valence-corrected chi connectivity index (χ3v) is 7.42. The fourth-order valence-corrected chi connectivity index (χ4v) is 5.68. The number of carbonyl (C=O) groups excluding carboxylic acids is 2. The molecule has 4 nitrogen and oxygen atoms in total. The summed E-state index contributed by atoms with van der Waals surface area (Å²) in [6.07, 6.45) is 1.91. The highest BCUT2D eigenvalue weighted by Gasteiger charge is 2.33. The first kappa shape index (κ1) is 21.7. The summed E-state index contributed by atoms with van der Waals surface area (Å²) >= 11 is 3.25. The van der Waals surface area contributed by atoms with Crippen LogP contribution in [0.4, 0.5) is 4.39 Å². The minimum atomic E-state index is -0.295. The van der Waals surface area contributed by atoms with Crippen LogP contribution in [0.15, 0.2) is 53.2 Å². The van der Waals surface area contributed by atoms with Crippen LogP contribution in [0.25, 0.3) is 0 Å². The van der Waals surface area contributed by atoms with Crippen molar-refractivity contribution >= 4 is 34.5 Å². The molecule has 4 rings (SSSR count). The van der Waals surface area contributed by atoms with Gasteiger partial charge in [-0.25, -0.2) is 4.39 Å². The molecule has 0 aliphatic carbocycles. The first-order chi connectivity index (χ1) is 15.1. The van der Waals surface area contributed by atoms with E-state index in [2.05, 4.69) is 6.07 Å². The minimum Gasteiger partial charge on any atom is -0.333 e. The van der Waals surface area contributed by atoms with Crippen molar-refractivity contribution in [3.05, 3.63) is 79.9 Å². The van der Waals surface area contributed by atoms with Crippen molar-refractivity contribution in [3.63, 3.8) is 0 Å². The van der Waals surface area contributed by atoms with Crippen LogP contribution in [0.5, 0.6) is 0 Å². The van der Waals surface area contributed by atoms with Crippen LogP contribution in [0.2, 0.25) is 0 Å². The van der Waals surface area contributed by atoms with Gasteiger partial charge in [0.1, 0.15) is 5.82 Å². The molecule has 2 aromatic heterocycles. The van der Waals surface area contributed by atoms with Gasteiger partial charge in [0, 0.05) is 22.8 Å². The van der Waals surface area contributed by atoms with Gasteiger partial charge < -0.3 is 9.80 Å². The highest BCUT2D eigenvalue weighted by molar-refractivity contribution is 7.10. The number of amides is 2. The van der Waals surface area contributed by atoms with Gasteiger partial charge in [-0.3, -0.25) is 9.59 Å². The van der Waals surface area contributed by atoms with Crippen molar-refractivity contribution in [2.24, 2.45) is 0 Å². The first-order valence-electron chi connectivity index (χ1n) is 10.5. The number of halogens is 1. The van der Waals surface area contributed by atoms with E-state index in [4.69, 9.17) is 0 Å². The quantitative estimate of drug-likeness (QED) is 0.507. The van der Waals surface area contributed by atoms with E-state index in [1.807, 2.05) is 34.7 Å². The van der Waals surface area contributed by atoms with Crippen LogP contribution in [-0.4, -0.2) is 41.2 Å². The van der Waals surface area contributed by atoms with E-state index in [0.717, 1.165) is 28.8 Å². The Hall–Kier alpha value is -2.51. The predicted octanol–water partition coefficient (Wildman–Crippen LogP) is 4.90. The molecule has 0 fully saturated rings. The van der Waals surface area contributed by atoms with Gasteiger partial charge >= 0.3 is 0 Å². The summed E-state index contributed by atoms with van der Waals surface area (Å²) in [4.78, 5) is 32.1. The maximum Gasteiger partial charge on any atom is 0.242 e. The van der Waals surface area contributed by atoms with Crippen molar-refractivity contribution in [2.75, 3.05) is 19.6 Å². The Morgan fingerprint density at radius 3 is 2.65 bits per heavy atom. The number of nitrogens with zero attached hydrogens (tertiary/aromatic N) is 2. The van der Waals surface area contributed by atoms with Gasteiger partial charge in [-0.05, 0) is 59.0 Å². The molecule has 3 aromatic rings.